The van der Waals surface area contributed by atoms with Crippen LogP contribution in [0.5, 0.6) is 0 Å². The van der Waals surface area contributed by atoms with E-state index in [0.29, 0.717) is 12.3 Å². The zero-order valence-electron chi connectivity index (χ0n) is 6.76. The zero-order chi connectivity index (χ0) is 7.98. The lowest BCUT2D eigenvalue weighted by molar-refractivity contribution is -0.117. The quantitative estimate of drug-likeness (QED) is 0.632. The average Bonchev–Trinajstić information content (AvgIpc) is 1.85. The third-order valence-electron chi connectivity index (χ3n) is 1.61. The second kappa shape index (κ2) is 5.42. The number of Topliss-reactive ketones (excluding diaryl/α,β-unsaturated/α-hetero) is 1. The van der Waals surface area contributed by atoms with E-state index in [0.717, 1.165) is 12.8 Å². The van der Waals surface area contributed by atoms with Crippen molar-refractivity contribution in [1.29, 1.82) is 0 Å². The topological polar surface area (TPSA) is 37.3 Å². The summed E-state index contributed by atoms with van der Waals surface area (Å²) >= 11 is 0. The summed E-state index contributed by atoms with van der Waals surface area (Å²) in [5, 5.41) is 8.52. The fraction of sp³-hybridized carbons (Fsp3) is 0.875. The Morgan fingerprint density at radius 2 is 2.10 bits per heavy atom. The normalized spacial score (nSPS) is 13.1. The lowest BCUT2D eigenvalue weighted by Crippen LogP contribution is -2.00. The lowest BCUT2D eigenvalue weighted by atomic mass is 10.0. The van der Waals surface area contributed by atoms with E-state index in [1.807, 2.05) is 0 Å². The largest absolute Gasteiger partial charge is 0.396 e. The van der Waals surface area contributed by atoms with Crippen LogP contribution in [0.2, 0.25) is 0 Å². The number of hydrogen-bond acceptors (Lipinski definition) is 2. The third-order valence-corrected chi connectivity index (χ3v) is 1.61. The molecule has 0 radical (unpaired) electrons. The van der Waals surface area contributed by atoms with Gasteiger partial charge >= 0.3 is 0 Å². The maximum Gasteiger partial charge on any atom is 0.129 e. The highest BCUT2D eigenvalue weighted by Crippen LogP contribution is 2.08. The number of aliphatic hydroxyl groups excluding tert-OH is 1. The van der Waals surface area contributed by atoms with Crippen molar-refractivity contribution in [2.45, 2.75) is 33.1 Å². The Morgan fingerprint density at radius 3 is 2.50 bits per heavy atom. The maximum absolute atomic E-state index is 10.5. The van der Waals surface area contributed by atoms with Crippen LogP contribution in [0.4, 0.5) is 0 Å². The van der Waals surface area contributed by atoms with Crippen LogP contribution in [0, 0.1) is 5.92 Å². The minimum Gasteiger partial charge on any atom is -0.396 e. The summed E-state index contributed by atoms with van der Waals surface area (Å²) in [7, 11) is 0. The number of carbonyl (C=O) groups is 1. The van der Waals surface area contributed by atoms with E-state index in [-0.39, 0.29) is 12.4 Å². The van der Waals surface area contributed by atoms with Gasteiger partial charge in [-0.2, -0.15) is 0 Å². The molecule has 0 saturated carbocycles. The van der Waals surface area contributed by atoms with Crippen LogP contribution >= 0.6 is 0 Å². The van der Waals surface area contributed by atoms with E-state index in [4.69, 9.17) is 5.11 Å². The zero-order valence-corrected chi connectivity index (χ0v) is 6.76. The Bertz CT molecular complexity index is 99.4. The Balaban J connectivity index is 3.21. The van der Waals surface area contributed by atoms with Gasteiger partial charge in [0.15, 0.2) is 0 Å². The fourth-order valence-electron chi connectivity index (χ4n) is 0.814. The molecule has 10 heavy (non-hydrogen) atoms. The molecule has 0 aromatic rings. The fourth-order valence-corrected chi connectivity index (χ4v) is 0.814. The van der Waals surface area contributed by atoms with Gasteiger partial charge in [0.1, 0.15) is 5.78 Å². The molecule has 0 fully saturated rings. The molecule has 0 bridgehead atoms. The number of ketones is 1. The number of hydrogen-bond donors (Lipinski definition) is 1. The summed E-state index contributed by atoms with van der Waals surface area (Å²) in [5.41, 5.74) is 0. The average molecular weight is 144 g/mol. The summed E-state index contributed by atoms with van der Waals surface area (Å²) in [6, 6.07) is 0. The highest BCUT2D eigenvalue weighted by Gasteiger charge is 2.01. The van der Waals surface area contributed by atoms with Gasteiger partial charge in [-0.15, -0.1) is 0 Å². The number of rotatable bonds is 5. The Kier molecular flexibility index (Phi) is 5.22. The highest BCUT2D eigenvalue weighted by atomic mass is 16.3. The van der Waals surface area contributed by atoms with Gasteiger partial charge in [-0.05, 0) is 25.7 Å². The van der Waals surface area contributed by atoms with E-state index in [9.17, 15) is 4.79 Å². The third kappa shape index (κ3) is 5.76. The summed E-state index contributed by atoms with van der Waals surface area (Å²) < 4.78 is 0. The van der Waals surface area contributed by atoms with Gasteiger partial charge in [-0.3, -0.25) is 0 Å². The van der Waals surface area contributed by atoms with Crippen LogP contribution in [0.25, 0.3) is 0 Å². The maximum atomic E-state index is 10.5. The van der Waals surface area contributed by atoms with Crippen LogP contribution in [0.1, 0.15) is 33.1 Å². The van der Waals surface area contributed by atoms with Gasteiger partial charge in [0, 0.05) is 13.0 Å². The second-order valence-corrected chi connectivity index (χ2v) is 2.86. The van der Waals surface area contributed by atoms with Crippen molar-refractivity contribution in [3.63, 3.8) is 0 Å². The van der Waals surface area contributed by atoms with Crippen molar-refractivity contribution >= 4 is 5.78 Å². The van der Waals surface area contributed by atoms with Gasteiger partial charge in [0.25, 0.3) is 0 Å². The predicted molar refractivity (Wildman–Crippen MR) is 40.8 cm³/mol. The molecule has 0 rings (SSSR count). The van der Waals surface area contributed by atoms with E-state index >= 15 is 0 Å². The molecular weight excluding hydrogens is 128 g/mol. The van der Waals surface area contributed by atoms with Crippen LogP contribution in [0.15, 0.2) is 0 Å². The molecule has 0 unspecified atom stereocenters. The minimum atomic E-state index is 0.235. The van der Waals surface area contributed by atoms with E-state index in [2.05, 4.69) is 6.92 Å². The van der Waals surface area contributed by atoms with Gasteiger partial charge < -0.3 is 9.90 Å². The minimum absolute atomic E-state index is 0.235. The van der Waals surface area contributed by atoms with Crippen molar-refractivity contribution in [2.24, 2.45) is 5.92 Å². The SMILES string of the molecule is CC(=O)CC[C@H](C)CCO. The van der Waals surface area contributed by atoms with Gasteiger partial charge in [0.05, 0.1) is 0 Å². The molecule has 0 amide bonds. The molecule has 2 heteroatoms. The molecule has 0 saturated heterocycles. The first-order chi connectivity index (χ1) is 4.66. The molecule has 1 atom stereocenters. The molecule has 2 nitrogen and oxygen atoms in total. The first kappa shape index (κ1) is 9.63. The van der Waals surface area contributed by atoms with Crippen molar-refractivity contribution in [3.8, 4) is 0 Å². The number of carbonyl (C=O) groups excluding carboxylic acids is 1. The molecule has 0 aromatic carbocycles. The molecule has 1 N–H and O–H groups in total. The molecule has 60 valence electrons. The second-order valence-electron chi connectivity index (χ2n) is 2.86. The monoisotopic (exact) mass is 144 g/mol. The molecule has 0 spiro atoms. The first-order valence-electron chi connectivity index (χ1n) is 3.77. The molecule has 0 aromatic heterocycles. The van der Waals surface area contributed by atoms with Crippen LogP contribution in [0.3, 0.4) is 0 Å². The van der Waals surface area contributed by atoms with Crippen molar-refractivity contribution in [2.75, 3.05) is 6.61 Å². The molecular formula is C8H16O2. The highest BCUT2D eigenvalue weighted by molar-refractivity contribution is 5.75. The molecule has 0 aliphatic heterocycles. The Hall–Kier alpha value is -0.370. The van der Waals surface area contributed by atoms with E-state index < -0.39 is 0 Å². The van der Waals surface area contributed by atoms with Crippen LogP contribution in [-0.4, -0.2) is 17.5 Å². The summed E-state index contributed by atoms with van der Waals surface area (Å²) in [4.78, 5) is 10.5. The van der Waals surface area contributed by atoms with Crippen LogP contribution in [-0.2, 0) is 4.79 Å². The van der Waals surface area contributed by atoms with Crippen molar-refractivity contribution < 1.29 is 9.90 Å². The molecule has 0 aliphatic rings. The van der Waals surface area contributed by atoms with Gasteiger partial charge in [0.2, 0.25) is 0 Å². The first-order valence-corrected chi connectivity index (χ1v) is 3.77. The standard InChI is InChI=1S/C8H16O2/c1-7(5-6-9)3-4-8(2)10/h7,9H,3-6H2,1-2H3/t7-/m0/s1. The smallest absolute Gasteiger partial charge is 0.129 e. The summed E-state index contributed by atoms with van der Waals surface area (Å²) in [5.74, 6) is 0.721. The molecule has 0 aliphatic carbocycles. The summed E-state index contributed by atoms with van der Waals surface area (Å²) in [6.45, 7) is 3.89. The number of aliphatic hydroxyl groups is 1. The van der Waals surface area contributed by atoms with Crippen molar-refractivity contribution in [1.82, 2.24) is 0 Å². The van der Waals surface area contributed by atoms with Gasteiger partial charge in [-0.25, -0.2) is 0 Å². The van der Waals surface area contributed by atoms with E-state index in [1.54, 1.807) is 6.92 Å². The van der Waals surface area contributed by atoms with Crippen molar-refractivity contribution in [3.05, 3.63) is 0 Å². The molecule has 0 heterocycles. The van der Waals surface area contributed by atoms with E-state index in [1.165, 1.54) is 0 Å². The van der Waals surface area contributed by atoms with Crippen LogP contribution < -0.4 is 0 Å². The summed E-state index contributed by atoms with van der Waals surface area (Å²) in [6.07, 6.45) is 2.38. The Morgan fingerprint density at radius 1 is 1.50 bits per heavy atom. The van der Waals surface area contributed by atoms with Gasteiger partial charge in [-0.1, -0.05) is 6.92 Å². The Labute approximate surface area is 62.2 Å². The predicted octanol–water partition coefficient (Wildman–Crippen LogP) is 1.37. The lowest BCUT2D eigenvalue weighted by Gasteiger charge is -2.06.